The molecule has 0 saturated heterocycles. The lowest BCUT2D eigenvalue weighted by Gasteiger charge is -2.27. The molecule has 0 saturated carbocycles. The predicted molar refractivity (Wildman–Crippen MR) is 107 cm³/mol. The molecule has 0 amide bonds. The van der Waals surface area contributed by atoms with Crippen molar-refractivity contribution in [2.24, 2.45) is 0 Å². The van der Waals surface area contributed by atoms with Gasteiger partial charge in [-0.1, -0.05) is 18.2 Å². The van der Waals surface area contributed by atoms with Crippen LogP contribution < -0.4 is 10.2 Å². The van der Waals surface area contributed by atoms with Crippen LogP contribution in [0, 0.1) is 5.82 Å². The lowest BCUT2D eigenvalue weighted by molar-refractivity contribution is -0.895. The van der Waals surface area contributed by atoms with Crippen molar-refractivity contribution in [1.29, 1.82) is 0 Å². The van der Waals surface area contributed by atoms with E-state index < -0.39 is 0 Å². The lowest BCUT2D eigenvalue weighted by atomic mass is 10.2. The maximum absolute atomic E-state index is 13.0. The van der Waals surface area contributed by atoms with E-state index in [1.54, 1.807) is 28.4 Å². The van der Waals surface area contributed by atoms with E-state index >= 15 is 0 Å². The molecule has 0 bridgehead atoms. The molecule has 1 aromatic heterocycles. The molecule has 0 fully saturated rings. The molecule has 0 aliphatic rings. The minimum atomic E-state index is -0.215. The Morgan fingerprint density at radius 2 is 1.92 bits per heavy atom. The van der Waals surface area contributed by atoms with Gasteiger partial charge >= 0.3 is 0 Å². The Labute approximate surface area is 159 Å². The van der Waals surface area contributed by atoms with Crippen molar-refractivity contribution in [3.05, 3.63) is 58.0 Å². The first-order valence-electron chi connectivity index (χ1n) is 8.75. The fraction of sp³-hybridized carbons (Fsp3) is 0.421. The van der Waals surface area contributed by atoms with Gasteiger partial charge in [0, 0.05) is 11.4 Å². The average molecular weight is 381 g/mol. The van der Waals surface area contributed by atoms with Gasteiger partial charge in [-0.2, -0.15) is 0 Å². The first kappa shape index (κ1) is 19.8. The van der Waals surface area contributed by atoms with Gasteiger partial charge in [-0.15, -0.1) is 11.3 Å². The summed E-state index contributed by atoms with van der Waals surface area (Å²) in [6.45, 7) is 10.1. The zero-order valence-corrected chi connectivity index (χ0v) is 16.6. The number of likely N-dealkylation sites (N-methyl/N-ethyl adjacent to an activating group) is 1. The maximum atomic E-state index is 13.0. The van der Waals surface area contributed by atoms with E-state index in [0.717, 1.165) is 43.4 Å². The van der Waals surface area contributed by atoms with Crippen molar-refractivity contribution in [3.63, 3.8) is 0 Å². The third-order valence-electron chi connectivity index (χ3n) is 4.31. The molecule has 2 N–H and O–H groups in total. The van der Waals surface area contributed by atoms with Crippen LogP contribution in [-0.2, 0) is 13.1 Å². The largest absolute Gasteiger partial charge is 0.358 e. The SMILES string of the molecule is CC[NH+](CC)CCN(Cc1cccs1)C(=S)NCc1ccc(F)cc1. The van der Waals surface area contributed by atoms with Crippen molar-refractivity contribution >= 4 is 28.7 Å². The fourth-order valence-corrected chi connectivity index (χ4v) is 3.58. The molecule has 0 atom stereocenters. The molecule has 0 radical (unpaired) electrons. The Bertz CT molecular complexity index is 625. The van der Waals surface area contributed by atoms with Gasteiger partial charge < -0.3 is 15.1 Å². The molecule has 0 unspecified atom stereocenters. The van der Waals surface area contributed by atoms with Crippen molar-refractivity contribution in [3.8, 4) is 0 Å². The highest BCUT2D eigenvalue weighted by Gasteiger charge is 2.14. The highest BCUT2D eigenvalue weighted by Crippen LogP contribution is 2.12. The minimum absolute atomic E-state index is 0.215. The summed E-state index contributed by atoms with van der Waals surface area (Å²) in [7, 11) is 0. The highest BCUT2D eigenvalue weighted by atomic mass is 32.1. The molecule has 2 rings (SSSR count). The topological polar surface area (TPSA) is 19.7 Å². The summed E-state index contributed by atoms with van der Waals surface area (Å²) >= 11 is 7.39. The molecule has 25 heavy (non-hydrogen) atoms. The van der Waals surface area contributed by atoms with Crippen molar-refractivity contribution in [1.82, 2.24) is 10.2 Å². The molecule has 6 heteroatoms. The molecule has 1 aromatic carbocycles. The van der Waals surface area contributed by atoms with Crippen molar-refractivity contribution in [2.45, 2.75) is 26.9 Å². The second-order valence-corrected chi connectivity index (χ2v) is 7.41. The van der Waals surface area contributed by atoms with Gasteiger partial charge in [-0.05, 0) is 55.2 Å². The number of hydrogen-bond acceptors (Lipinski definition) is 2. The molecule has 0 aliphatic heterocycles. The average Bonchev–Trinajstić information content (AvgIpc) is 3.14. The van der Waals surface area contributed by atoms with Gasteiger partial charge in [-0.25, -0.2) is 4.39 Å². The lowest BCUT2D eigenvalue weighted by Crippen LogP contribution is -3.12. The second kappa shape index (κ2) is 10.5. The number of thiophene rings is 1. The van der Waals surface area contributed by atoms with E-state index in [2.05, 4.69) is 41.6 Å². The van der Waals surface area contributed by atoms with Crippen LogP contribution >= 0.6 is 23.6 Å². The van der Waals surface area contributed by atoms with Crippen LogP contribution in [-0.4, -0.2) is 36.2 Å². The second-order valence-electron chi connectivity index (χ2n) is 5.99. The summed E-state index contributed by atoms with van der Waals surface area (Å²) in [4.78, 5) is 5.11. The Hall–Kier alpha value is -1.50. The summed E-state index contributed by atoms with van der Waals surface area (Å²) in [5.74, 6) is -0.215. The van der Waals surface area contributed by atoms with Gasteiger partial charge in [0.25, 0.3) is 0 Å². The smallest absolute Gasteiger partial charge is 0.169 e. The normalized spacial score (nSPS) is 10.9. The Kier molecular flexibility index (Phi) is 8.31. The Balaban J connectivity index is 1.94. The standard InChI is InChI=1S/C19H26FN3S2/c1-3-22(4-2)11-12-23(15-18-6-5-13-25-18)19(24)21-14-16-7-9-17(20)10-8-16/h5-10,13H,3-4,11-12,14-15H2,1-2H3,(H,21,24)/p+1. The van der Waals surface area contributed by atoms with Crippen LogP contribution in [0.4, 0.5) is 4.39 Å². The zero-order valence-electron chi connectivity index (χ0n) is 14.9. The number of benzene rings is 1. The number of rotatable bonds is 9. The first-order chi connectivity index (χ1) is 12.1. The summed E-state index contributed by atoms with van der Waals surface area (Å²) in [6.07, 6.45) is 0. The van der Waals surface area contributed by atoms with Crippen molar-refractivity contribution < 1.29 is 9.29 Å². The highest BCUT2D eigenvalue weighted by molar-refractivity contribution is 7.80. The molecular formula is C19H27FN3S2+. The first-order valence-corrected chi connectivity index (χ1v) is 10.0. The number of quaternary nitrogens is 1. The third kappa shape index (κ3) is 6.72. The predicted octanol–water partition coefficient (Wildman–Crippen LogP) is 2.69. The molecule has 2 aromatic rings. The third-order valence-corrected chi connectivity index (χ3v) is 5.57. The zero-order chi connectivity index (χ0) is 18.1. The van der Waals surface area contributed by atoms with Crippen LogP contribution in [0.15, 0.2) is 41.8 Å². The van der Waals surface area contributed by atoms with Gasteiger partial charge in [0.2, 0.25) is 0 Å². The fourth-order valence-electron chi connectivity index (χ4n) is 2.63. The van der Waals surface area contributed by atoms with E-state index in [1.165, 1.54) is 17.0 Å². The summed E-state index contributed by atoms with van der Waals surface area (Å²) in [5.41, 5.74) is 1.02. The Morgan fingerprint density at radius 1 is 1.20 bits per heavy atom. The van der Waals surface area contributed by atoms with Crippen molar-refractivity contribution in [2.75, 3.05) is 26.2 Å². The van der Waals surface area contributed by atoms with Crippen LogP contribution in [0.3, 0.4) is 0 Å². The van der Waals surface area contributed by atoms with Gasteiger partial charge in [0.05, 0.1) is 32.7 Å². The summed E-state index contributed by atoms with van der Waals surface area (Å²) in [6, 6.07) is 10.7. The monoisotopic (exact) mass is 380 g/mol. The molecular weight excluding hydrogens is 353 g/mol. The number of halogens is 1. The van der Waals surface area contributed by atoms with E-state index in [0.29, 0.717) is 6.54 Å². The minimum Gasteiger partial charge on any atom is -0.358 e. The van der Waals surface area contributed by atoms with Crippen LogP contribution in [0.25, 0.3) is 0 Å². The maximum Gasteiger partial charge on any atom is 0.169 e. The number of hydrogen-bond donors (Lipinski definition) is 2. The van der Waals surface area contributed by atoms with Crippen LogP contribution in [0.1, 0.15) is 24.3 Å². The van der Waals surface area contributed by atoms with E-state index in [4.69, 9.17) is 12.2 Å². The molecule has 3 nitrogen and oxygen atoms in total. The van der Waals surface area contributed by atoms with Gasteiger partial charge in [0.15, 0.2) is 5.11 Å². The number of thiocarbonyl (C=S) groups is 1. The summed E-state index contributed by atoms with van der Waals surface area (Å²) in [5, 5.41) is 6.17. The number of nitrogens with one attached hydrogen (secondary N) is 2. The molecule has 136 valence electrons. The van der Waals surface area contributed by atoms with E-state index in [1.807, 2.05) is 0 Å². The van der Waals surface area contributed by atoms with E-state index in [9.17, 15) is 4.39 Å². The van der Waals surface area contributed by atoms with E-state index in [-0.39, 0.29) is 5.82 Å². The number of nitrogens with zero attached hydrogens (tertiary/aromatic N) is 1. The summed E-state index contributed by atoms with van der Waals surface area (Å²) < 4.78 is 13.0. The molecule has 1 heterocycles. The molecule has 0 aliphatic carbocycles. The van der Waals surface area contributed by atoms with Crippen LogP contribution in [0.2, 0.25) is 0 Å². The Morgan fingerprint density at radius 3 is 2.52 bits per heavy atom. The van der Waals surface area contributed by atoms with Crippen LogP contribution in [0.5, 0.6) is 0 Å². The quantitative estimate of drug-likeness (QED) is 0.653. The van der Waals surface area contributed by atoms with Gasteiger partial charge in [-0.3, -0.25) is 0 Å². The van der Waals surface area contributed by atoms with Gasteiger partial charge in [0.1, 0.15) is 5.82 Å². The molecule has 0 spiro atoms.